The number of nitro benzene ring substituents is 1. The minimum atomic E-state index is -0.834. The lowest BCUT2D eigenvalue weighted by atomic mass is 10.1. The molecule has 0 aliphatic rings. The van der Waals surface area contributed by atoms with Gasteiger partial charge in [-0.1, -0.05) is 6.07 Å². The molecule has 1 aromatic heterocycles. The second-order valence-corrected chi connectivity index (χ2v) is 7.50. The van der Waals surface area contributed by atoms with Crippen molar-refractivity contribution in [3.05, 3.63) is 86.2 Å². The number of carbonyl (C=O) groups is 2. The average molecular weight is 421 g/mol. The van der Waals surface area contributed by atoms with Gasteiger partial charge in [-0.25, -0.2) is 4.79 Å². The Labute approximate surface area is 179 Å². The lowest BCUT2D eigenvalue weighted by Gasteiger charge is -2.12. The molecule has 0 saturated heterocycles. The van der Waals surface area contributed by atoms with E-state index in [9.17, 15) is 19.7 Å². The van der Waals surface area contributed by atoms with Gasteiger partial charge in [-0.2, -0.15) is 0 Å². The Morgan fingerprint density at radius 1 is 1.03 bits per heavy atom. The molecule has 0 fully saturated rings. The summed E-state index contributed by atoms with van der Waals surface area (Å²) in [7, 11) is 0. The van der Waals surface area contributed by atoms with Crippen LogP contribution in [0.3, 0.4) is 0 Å². The van der Waals surface area contributed by atoms with Gasteiger partial charge in [-0.3, -0.25) is 14.9 Å². The minimum absolute atomic E-state index is 0.0468. The van der Waals surface area contributed by atoms with E-state index < -0.39 is 23.2 Å². The fourth-order valence-corrected chi connectivity index (χ4v) is 3.64. The van der Waals surface area contributed by atoms with Crippen LogP contribution in [0.15, 0.2) is 42.5 Å². The van der Waals surface area contributed by atoms with Crippen LogP contribution in [0.1, 0.15) is 43.2 Å². The first kappa shape index (κ1) is 21.8. The number of ketones is 1. The molecule has 8 nitrogen and oxygen atoms in total. The van der Waals surface area contributed by atoms with Crippen LogP contribution in [0.2, 0.25) is 0 Å². The molecule has 31 heavy (non-hydrogen) atoms. The number of nitrogens with zero attached hydrogens (tertiary/aromatic N) is 2. The number of nitrogen functional groups attached to an aromatic ring is 1. The molecular formula is C23H23N3O5. The molecular weight excluding hydrogens is 398 g/mol. The van der Waals surface area contributed by atoms with Crippen molar-refractivity contribution in [1.82, 2.24) is 4.57 Å². The third kappa shape index (κ3) is 4.48. The van der Waals surface area contributed by atoms with Crippen molar-refractivity contribution >= 4 is 23.1 Å². The van der Waals surface area contributed by atoms with E-state index in [-0.39, 0.29) is 17.0 Å². The Hall–Kier alpha value is -3.94. The van der Waals surface area contributed by atoms with Crippen LogP contribution >= 0.6 is 0 Å². The van der Waals surface area contributed by atoms with Crippen LogP contribution in [0.4, 0.5) is 11.4 Å². The number of ether oxygens (including phenoxy) is 1. The Morgan fingerprint density at radius 3 is 2.29 bits per heavy atom. The zero-order chi connectivity index (χ0) is 22.9. The fourth-order valence-electron chi connectivity index (χ4n) is 3.64. The highest BCUT2D eigenvalue weighted by atomic mass is 16.6. The van der Waals surface area contributed by atoms with Crippen molar-refractivity contribution in [2.45, 2.75) is 27.7 Å². The quantitative estimate of drug-likeness (QED) is 0.209. The van der Waals surface area contributed by atoms with Crippen LogP contribution in [0.25, 0.3) is 5.69 Å². The number of hydrogen-bond acceptors (Lipinski definition) is 6. The number of rotatable bonds is 6. The second kappa shape index (κ2) is 8.43. The lowest BCUT2D eigenvalue weighted by Crippen LogP contribution is -2.15. The van der Waals surface area contributed by atoms with Crippen molar-refractivity contribution in [1.29, 1.82) is 0 Å². The Morgan fingerprint density at radius 2 is 1.68 bits per heavy atom. The third-order valence-corrected chi connectivity index (χ3v) is 4.99. The van der Waals surface area contributed by atoms with Crippen LogP contribution in [-0.2, 0) is 4.74 Å². The molecule has 1 heterocycles. The number of esters is 1. The molecule has 0 amide bonds. The zero-order valence-corrected chi connectivity index (χ0v) is 17.8. The molecule has 3 rings (SSSR count). The first-order chi connectivity index (χ1) is 14.6. The van der Waals surface area contributed by atoms with Crippen LogP contribution in [-0.4, -0.2) is 27.8 Å². The number of Topliss-reactive ketones (excluding diaryl/α,β-unsaturated/α-hetero) is 1. The molecule has 0 unspecified atom stereocenters. The molecule has 0 spiro atoms. The summed E-state index contributed by atoms with van der Waals surface area (Å²) < 4.78 is 7.09. The van der Waals surface area contributed by atoms with Crippen molar-refractivity contribution in [2.75, 3.05) is 12.3 Å². The molecule has 0 aliphatic carbocycles. The van der Waals surface area contributed by atoms with Gasteiger partial charge in [-0.05, 0) is 69.2 Å². The molecule has 0 atom stereocenters. The molecule has 2 aromatic carbocycles. The number of nitrogens with two attached hydrogens (primary N) is 1. The van der Waals surface area contributed by atoms with E-state index in [0.717, 1.165) is 34.3 Å². The maximum absolute atomic E-state index is 12.7. The number of aromatic nitrogens is 1. The zero-order valence-electron chi connectivity index (χ0n) is 17.8. The summed E-state index contributed by atoms with van der Waals surface area (Å²) in [6.07, 6.45) is 0. The fraction of sp³-hybridized carbons (Fsp3) is 0.217. The van der Waals surface area contributed by atoms with Crippen LogP contribution < -0.4 is 5.73 Å². The van der Waals surface area contributed by atoms with E-state index in [1.807, 2.05) is 44.4 Å². The molecule has 2 N–H and O–H groups in total. The molecule has 3 aromatic rings. The highest BCUT2D eigenvalue weighted by Gasteiger charge is 2.20. The predicted octanol–water partition coefficient (Wildman–Crippen LogP) is 4.24. The van der Waals surface area contributed by atoms with Crippen molar-refractivity contribution in [3.63, 3.8) is 0 Å². The van der Waals surface area contributed by atoms with Crippen LogP contribution in [0.5, 0.6) is 0 Å². The van der Waals surface area contributed by atoms with Gasteiger partial charge < -0.3 is 15.0 Å². The normalized spacial score (nSPS) is 10.7. The topological polar surface area (TPSA) is 117 Å². The maximum Gasteiger partial charge on any atom is 0.338 e. The van der Waals surface area contributed by atoms with E-state index in [0.29, 0.717) is 5.56 Å². The molecule has 0 aliphatic heterocycles. The molecule has 0 radical (unpaired) electrons. The second-order valence-electron chi connectivity index (χ2n) is 7.50. The van der Waals surface area contributed by atoms with Gasteiger partial charge in [0.2, 0.25) is 5.78 Å². The maximum atomic E-state index is 12.7. The van der Waals surface area contributed by atoms with Gasteiger partial charge in [-0.15, -0.1) is 0 Å². The Balaban J connectivity index is 1.79. The number of carbonyl (C=O) groups excluding carboxylic acids is 2. The molecule has 0 saturated carbocycles. The van der Waals surface area contributed by atoms with E-state index in [2.05, 4.69) is 6.07 Å². The summed E-state index contributed by atoms with van der Waals surface area (Å²) in [6.45, 7) is 7.29. The van der Waals surface area contributed by atoms with Crippen molar-refractivity contribution in [2.24, 2.45) is 0 Å². The van der Waals surface area contributed by atoms with Gasteiger partial charge in [0.25, 0.3) is 5.69 Å². The monoisotopic (exact) mass is 421 g/mol. The number of benzene rings is 2. The number of aryl methyl sites for hydroxylation is 3. The first-order valence-electron chi connectivity index (χ1n) is 9.60. The molecule has 0 bridgehead atoms. The van der Waals surface area contributed by atoms with Gasteiger partial charge in [0.1, 0.15) is 5.69 Å². The summed E-state index contributed by atoms with van der Waals surface area (Å²) in [5, 5.41) is 11.0. The standard InChI is InChI=1S/C23H23N3O5/c1-13-7-14(2)9-18(8-13)25-15(3)10-19(16(25)4)22(27)12-31-23(28)17-5-6-20(24)21(11-17)26(29)30/h5-11H,12,24H2,1-4H3. The summed E-state index contributed by atoms with van der Waals surface area (Å²) in [5.41, 5.74) is 10.3. The van der Waals surface area contributed by atoms with Gasteiger partial charge in [0, 0.05) is 28.7 Å². The SMILES string of the molecule is Cc1cc(C)cc(-n2c(C)cc(C(=O)COC(=O)c3ccc(N)c([N+](=O)[O-])c3)c2C)c1. The van der Waals surface area contributed by atoms with Crippen molar-refractivity contribution < 1.29 is 19.2 Å². The highest BCUT2D eigenvalue weighted by Crippen LogP contribution is 2.24. The van der Waals surface area contributed by atoms with Crippen LogP contribution in [0, 0.1) is 37.8 Å². The smallest absolute Gasteiger partial charge is 0.338 e. The van der Waals surface area contributed by atoms with Crippen molar-refractivity contribution in [3.8, 4) is 5.69 Å². The van der Waals surface area contributed by atoms with E-state index in [1.165, 1.54) is 12.1 Å². The van der Waals surface area contributed by atoms with Gasteiger partial charge in [0.05, 0.1) is 10.5 Å². The summed E-state index contributed by atoms with van der Waals surface area (Å²) in [6, 6.07) is 11.5. The van der Waals surface area contributed by atoms with E-state index in [4.69, 9.17) is 10.5 Å². The van der Waals surface area contributed by atoms with Gasteiger partial charge >= 0.3 is 5.97 Å². The summed E-state index contributed by atoms with van der Waals surface area (Å²) >= 11 is 0. The number of anilines is 1. The number of nitro groups is 1. The lowest BCUT2D eigenvalue weighted by molar-refractivity contribution is -0.383. The molecule has 160 valence electrons. The summed E-state index contributed by atoms with van der Waals surface area (Å²) in [4.78, 5) is 35.3. The minimum Gasteiger partial charge on any atom is -0.454 e. The number of hydrogen-bond donors (Lipinski definition) is 1. The average Bonchev–Trinajstić information content (AvgIpc) is 2.99. The third-order valence-electron chi connectivity index (χ3n) is 4.99. The van der Waals surface area contributed by atoms with E-state index in [1.54, 1.807) is 6.07 Å². The Bertz CT molecular complexity index is 1190. The highest BCUT2D eigenvalue weighted by molar-refractivity contribution is 6.00. The first-order valence-corrected chi connectivity index (χ1v) is 9.60. The largest absolute Gasteiger partial charge is 0.454 e. The predicted molar refractivity (Wildman–Crippen MR) is 117 cm³/mol. The van der Waals surface area contributed by atoms with E-state index >= 15 is 0 Å². The Kier molecular flexibility index (Phi) is 5.92. The molecule has 8 heteroatoms. The summed E-state index contributed by atoms with van der Waals surface area (Å²) in [5.74, 6) is -1.19. The van der Waals surface area contributed by atoms with Gasteiger partial charge in [0.15, 0.2) is 6.61 Å².